The van der Waals surface area contributed by atoms with E-state index in [0.717, 1.165) is 10.4 Å². The number of rotatable bonds is 8. The van der Waals surface area contributed by atoms with Gasteiger partial charge in [0, 0.05) is 4.88 Å². The fourth-order valence-corrected chi connectivity index (χ4v) is 3.55. The van der Waals surface area contributed by atoms with Crippen molar-refractivity contribution in [1.29, 1.82) is 0 Å². The molecule has 0 saturated carbocycles. The van der Waals surface area contributed by atoms with Crippen molar-refractivity contribution in [2.45, 2.75) is 13.0 Å². The molecule has 5 nitrogen and oxygen atoms in total. The summed E-state index contributed by atoms with van der Waals surface area (Å²) in [7, 11) is 0. The van der Waals surface area contributed by atoms with E-state index in [-0.39, 0.29) is 18.6 Å². The van der Waals surface area contributed by atoms with Gasteiger partial charge in [0.15, 0.2) is 6.61 Å². The average Bonchev–Trinajstić information content (AvgIpc) is 3.26. The van der Waals surface area contributed by atoms with E-state index in [2.05, 4.69) is 5.32 Å². The number of para-hydroxylation sites is 1. The molecular weight excluding hydrogens is 374 g/mol. The van der Waals surface area contributed by atoms with Gasteiger partial charge in [-0.05, 0) is 36.1 Å². The van der Waals surface area contributed by atoms with Crippen LogP contribution in [0.25, 0.3) is 0 Å². The second-order valence-corrected chi connectivity index (χ2v) is 6.91. The molecule has 1 amide bonds. The zero-order valence-electron chi connectivity index (χ0n) is 15.5. The van der Waals surface area contributed by atoms with E-state index in [4.69, 9.17) is 9.47 Å². The molecule has 1 aromatic heterocycles. The Hall–Kier alpha value is -3.12. The van der Waals surface area contributed by atoms with Crippen molar-refractivity contribution < 1.29 is 19.1 Å². The number of benzene rings is 2. The summed E-state index contributed by atoms with van der Waals surface area (Å²) in [6.07, 6.45) is 0. The van der Waals surface area contributed by atoms with Crippen molar-refractivity contribution in [3.63, 3.8) is 0 Å². The third-order valence-corrected chi connectivity index (χ3v) is 4.94. The Bertz CT molecular complexity index is 909. The molecule has 0 radical (unpaired) electrons. The van der Waals surface area contributed by atoms with E-state index in [1.54, 1.807) is 35.6 Å². The van der Waals surface area contributed by atoms with Crippen LogP contribution >= 0.6 is 11.3 Å². The van der Waals surface area contributed by atoms with Crippen LogP contribution in [0.5, 0.6) is 5.75 Å². The number of hydrogen-bond donors (Lipinski definition) is 1. The fourth-order valence-electron chi connectivity index (χ4n) is 2.75. The normalized spacial score (nSPS) is 11.5. The lowest BCUT2D eigenvalue weighted by Crippen LogP contribution is -2.32. The maximum absolute atomic E-state index is 12.5. The summed E-state index contributed by atoms with van der Waals surface area (Å²) in [4.78, 5) is 25.8. The van der Waals surface area contributed by atoms with Gasteiger partial charge < -0.3 is 14.8 Å². The van der Waals surface area contributed by atoms with Crippen LogP contribution in [0.15, 0.2) is 72.1 Å². The first-order valence-corrected chi connectivity index (χ1v) is 9.83. The molecule has 0 aliphatic carbocycles. The Kier molecular flexibility index (Phi) is 6.81. The third kappa shape index (κ3) is 4.98. The molecule has 6 heteroatoms. The van der Waals surface area contributed by atoms with Gasteiger partial charge in [-0.2, -0.15) is 0 Å². The third-order valence-electron chi connectivity index (χ3n) is 4.01. The van der Waals surface area contributed by atoms with Gasteiger partial charge in [0.25, 0.3) is 5.91 Å². The molecule has 2 aromatic carbocycles. The smallest absolute Gasteiger partial charge is 0.342 e. The summed E-state index contributed by atoms with van der Waals surface area (Å²) >= 11 is 1.56. The molecular formula is C22H21NO4S. The maximum Gasteiger partial charge on any atom is 0.342 e. The highest BCUT2D eigenvalue weighted by atomic mass is 32.1. The van der Waals surface area contributed by atoms with Crippen LogP contribution in [-0.4, -0.2) is 25.1 Å². The lowest BCUT2D eigenvalue weighted by atomic mass is 10.1. The Labute approximate surface area is 167 Å². The monoisotopic (exact) mass is 395 g/mol. The van der Waals surface area contributed by atoms with Gasteiger partial charge in [0.05, 0.1) is 12.6 Å². The average molecular weight is 395 g/mol. The van der Waals surface area contributed by atoms with E-state index in [1.807, 2.05) is 54.8 Å². The summed E-state index contributed by atoms with van der Waals surface area (Å²) in [6.45, 7) is 1.90. The van der Waals surface area contributed by atoms with E-state index in [0.29, 0.717) is 17.9 Å². The Morgan fingerprint density at radius 3 is 2.46 bits per heavy atom. The van der Waals surface area contributed by atoms with Crippen LogP contribution in [0, 0.1) is 0 Å². The molecule has 0 spiro atoms. The lowest BCUT2D eigenvalue weighted by molar-refractivity contribution is -0.124. The number of hydrogen-bond acceptors (Lipinski definition) is 5. The molecule has 3 aromatic rings. The SMILES string of the molecule is CCOc1ccccc1C(=O)OCC(=O)N[C@H](c1ccccc1)c1cccs1. The van der Waals surface area contributed by atoms with Crippen LogP contribution in [-0.2, 0) is 9.53 Å². The van der Waals surface area contributed by atoms with Crippen LogP contribution in [0.3, 0.4) is 0 Å². The van der Waals surface area contributed by atoms with Gasteiger partial charge in [-0.25, -0.2) is 4.79 Å². The minimum Gasteiger partial charge on any atom is -0.493 e. The van der Waals surface area contributed by atoms with E-state index in [1.165, 1.54) is 0 Å². The van der Waals surface area contributed by atoms with Crippen molar-refractivity contribution in [3.05, 3.63) is 88.1 Å². The van der Waals surface area contributed by atoms with Crippen LogP contribution in [0.4, 0.5) is 0 Å². The van der Waals surface area contributed by atoms with Crippen molar-refractivity contribution in [1.82, 2.24) is 5.32 Å². The second-order valence-electron chi connectivity index (χ2n) is 5.93. The van der Waals surface area contributed by atoms with E-state index < -0.39 is 5.97 Å². The van der Waals surface area contributed by atoms with E-state index >= 15 is 0 Å². The van der Waals surface area contributed by atoms with Crippen molar-refractivity contribution in [3.8, 4) is 5.75 Å². The summed E-state index contributed by atoms with van der Waals surface area (Å²) in [6, 6.07) is 20.1. The van der Waals surface area contributed by atoms with Crippen LogP contribution < -0.4 is 10.1 Å². The molecule has 0 bridgehead atoms. The molecule has 1 N–H and O–H groups in total. The molecule has 0 saturated heterocycles. The molecule has 0 aliphatic rings. The molecule has 0 fully saturated rings. The highest BCUT2D eigenvalue weighted by molar-refractivity contribution is 7.10. The first-order valence-electron chi connectivity index (χ1n) is 8.95. The van der Waals surface area contributed by atoms with Gasteiger partial charge in [0.1, 0.15) is 11.3 Å². The summed E-state index contributed by atoms with van der Waals surface area (Å²) in [5.74, 6) is -0.521. The summed E-state index contributed by atoms with van der Waals surface area (Å²) in [5.41, 5.74) is 1.27. The lowest BCUT2D eigenvalue weighted by Gasteiger charge is -2.18. The maximum atomic E-state index is 12.5. The zero-order valence-corrected chi connectivity index (χ0v) is 16.3. The number of esters is 1. The van der Waals surface area contributed by atoms with Crippen molar-refractivity contribution in [2.75, 3.05) is 13.2 Å². The zero-order chi connectivity index (χ0) is 19.8. The van der Waals surface area contributed by atoms with Crippen molar-refractivity contribution >= 4 is 23.2 Å². The standard InChI is InChI=1S/C22H21NO4S/c1-2-26-18-12-7-6-11-17(18)22(25)27-15-20(24)23-21(19-13-8-14-28-19)16-9-4-3-5-10-16/h3-14,21H,2,15H2,1H3,(H,23,24)/t21-/m1/s1. The van der Waals surface area contributed by atoms with Gasteiger partial charge >= 0.3 is 5.97 Å². The largest absolute Gasteiger partial charge is 0.493 e. The van der Waals surface area contributed by atoms with Gasteiger partial charge in [-0.3, -0.25) is 4.79 Å². The number of ether oxygens (including phenoxy) is 2. The van der Waals surface area contributed by atoms with Crippen LogP contribution in [0.2, 0.25) is 0 Å². The molecule has 3 rings (SSSR count). The van der Waals surface area contributed by atoms with Crippen molar-refractivity contribution in [2.24, 2.45) is 0 Å². The Morgan fingerprint density at radius 2 is 1.75 bits per heavy atom. The molecule has 1 heterocycles. The number of carbonyl (C=O) groups excluding carboxylic acids is 2. The quantitative estimate of drug-likeness (QED) is 0.581. The Balaban J connectivity index is 1.65. The van der Waals surface area contributed by atoms with Gasteiger partial charge in [-0.1, -0.05) is 48.5 Å². The van der Waals surface area contributed by atoms with E-state index in [9.17, 15) is 9.59 Å². The number of nitrogens with one attached hydrogen (secondary N) is 1. The molecule has 0 unspecified atom stereocenters. The Morgan fingerprint density at radius 1 is 1.00 bits per heavy atom. The first kappa shape index (κ1) is 19.6. The highest BCUT2D eigenvalue weighted by Crippen LogP contribution is 2.26. The molecule has 144 valence electrons. The number of thiophene rings is 1. The molecule has 28 heavy (non-hydrogen) atoms. The predicted molar refractivity (Wildman–Crippen MR) is 109 cm³/mol. The number of carbonyl (C=O) groups is 2. The topological polar surface area (TPSA) is 64.6 Å². The second kappa shape index (κ2) is 9.71. The first-order chi connectivity index (χ1) is 13.7. The molecule has 0 aliphatic heterocycles. The van der Waals surface area contributed by atoms with Gasteiger partial charge in [0.2, 0.25) is 0 Å². The minimum atomic E-state index is -0.591. The highest BCUT2D eigenvalue weighted by Gasteiger charge is 2.20. The van der Waals surface area contributed by atoms with Gasteiger partial charge in [-0.15, -0.1) is 11.3 Å². The predicted octanol–water partition coefficient (Wildman–Crippen LogP) is 4.21. The summed E-state index contributed by atoms with van der Waals surface area (Å²) in [5, 5.41) is 4.91. The minimum absolute atomic E-state index is 0.289. The fraction of sp³-hybridized carbons (Fsp3) is 0.182. The van der Waals surface area contributed by atoms with Crippen LogP contribution in [0.1, 0.15) is 33.8 Å². The number of amides is 1. The molecule has 1 atom stereocenters. The summed E-state index contributed by atoms with van der Waals surface area (Å²) < 4.78 is 10.6.